The predicted octanol–water partition coefficient (Wildman–Crippen LogP) is 3.30. The van der Waals surface area contributed by atoms with Crippen LogP contribution in [0.1, 0.15) is 11.1 Å². The molecule has 0 radical (unpaired) electrons. The molecule has 96 valence electrons. The van der Waals surface area contributed by atoms with E-state index < -0.39 is 39.5 Å². The summed E-state index contributed by atoms with van der Waals surface area (Å²) in [6.07, 6.45) is -9.86. The van der Waals surface area contributed by atoms with Crippen molar-refractivity contribution >= 4 is 11.1 Å². The highest BCUT2D eigenvalue weighted by molar-refractivity contribution is 7.79. The fourth-order valence-corrected chi connectivity index (χ4v) is 1.68. The second-order valence-corrected chi connectivity index (χ2v) is 3.89. The van der Waals surface area contributed by atoms with Crippen molar-refractivity contribution in [2.45, 2.75) is 17.2 Å². The van der Waals surface area contributed by atoms with Crippen LogP contribution in [-0.2, 0) is 23.4 Å². The first kappa shape index (κ1) is 14.0. The zero-order valence-corrected chi connectivity index (χ0v) is 8.58. The molecule has 0 heterocycles. The Balaban J connectivity index is 3.43. The highest BCUT2D eigenvalue weighted by atomic mass is 32.2. The summed E-state index contributed by atoms with van der Waals surface area (Å²) in [6.45, 7) is 0. The van der Waals surface area contributed by atoms with Crippen LogP contribution in [0.2, 0.25) is 0 Å². The van der Waals surface area contributed by atoms with E-state index in [9.17, 15) is 30.6 Å². The molecule has 0 amide bonds. The van der Waals surface area contributed by atoms with Gasteiger partial charge >= 0.3 is 12.4 Å². The van der Waals surface area contributed by atoms with E-state index in [0.717, 1.165) is 0 Å². The first-order chi connectivity index (χ1) is 7.53. The standard InChI is InChI=1S/C8H4F6O2S/c9-7(10,11)4-1-2-5(8(12,13)14)6(3-4)17(15)16/h1-3H,(H,15,16). The van der Waals surface area contributed by atoms with Gasteiger partial charge in [0.25, 0.3) is 0 Å². The number of rotatable bonds is 1. The fourth-order valence-electron chi connectivity index (χ4n) is 1.08. The summed E-state index contributed by atoms with van der Waals surface area (Å²) in [7, 11) is 0. The van der Waals surface area contributed by atoms with Crippen LogP contribution in [0.5, 0.6) is 0 Å². The Bertz CT molecular complexity index is 450. The SMILES string of the molecule is O=S(O)c1cc(C(F)(F)F)ccc1C(F)(F)F. The van der Waals surface area contributed by atoms with E-state index in [1.54, 1.807) is 0 Å². The maximum absolute atomic E-state index is 12.3. The molecule has 0 aliphatic rings. The van der Waals surface area contributed by atoms with Gasteiger partial charge in [-0.1, -0.05) is 0 Å². The average Bonchev–Trinajstić information content (AvgIpc) is 2.14. The Labute approximate surface area is 93.5 Å². The normalized spacial score (nSPS) is 14.8. The van der Waals surface area contributed by atoms with Crippen LogP contribution in [0.4, 0.5) is 26.3 Å². The van der Waals surface area contributed by atoms with E-state index in [4.69, 9.17) is 4.55 Å². The molecular weight excluding hydrogens is 274 g/mol. The maximum atomic E-state index is 12.3. The zero-order valence-electron chi connectivity index (χ0n) is 7.76. The molecule has 9 heteroatoms. The number of halogens is 6. The van der Waals surface area contributed by atoms with Gasteiger partial charge in [-0.2, -0.15) is 26.3 Å². The van der Waals surface area contributed by atoms with Crippen LogP contribution < -0.4 is 0 Å². The highest BCUT2D eigenvalue weighted by Crippen LogP contribution is 2.37. The van der Waals surface area contributed by atoms with Crippen LogP contribution in [-0.4, -0.2) is 8.76 Å². The topological polar surface area (TPSA) is 37.3 Å². The van der Waals surface area contributed by atoms with Crippen LogP contribution in [0.15, 0.2) is 23.1 Å². The van der Waals surface area contributed by atoms with Gasteiger partial charge in [0.1, 0.15) is 0 Å². The van der Waals surface area contributed by atoms with Crippen molar-refractivity contribution in [1.82, 2.24) is 0 Å². The average molecular weight is 278 g/mol. The molecule has 0 spiro atoms. The molecule has 0 saturated carbocycles. The van der Waals surface area contributed by atoms with Gasteiger partial charge in [0, 0.05) is 0 Å². The summed E-state index contributed by atoms with van der Waals surface area (Å²) >= 11 is -3.15. The van der Waals surface area contributed by atoms with Crippen LogP contribution in [0, 0.1) is 0 Å². The molecule has 0 fully saturated rings. The van der Waals surface area contributed by atoms with Crippen LogP contribution in [0.3, 0.4) is 0 Å². The Kier molecular flexibility index (Phi) is 3.53. The van der Waals surface area contributed by atoms with Crippen molar-refractivity contribution in [2.24, 2.45) is 0 Å². The summed E-state index contributed by atoms with van der Waals surface area (Å²) in [5, 5.41) is 0. The largest absolute Gasteiger partial charge is 0.417 e. The first-order valence-electron chi connectivity index (χ1n) is 3.93. The van der Waals surface area contributed by atoms with E-state index in [0.29, 0.717) is 0 Å². The van der Waals surface area contributed by atoms with Crippen molar-refractivity contribution in [1.29, 1.82) is 0 Å². The molecule has 1 N–H and O–H groups in total. The minimum Gasteiger partial charge on any atom is -0.302 e. The second kappa shape index (κ2) is 4.30. The van der Waals surface area contributed by atoms with Gasteiger partial charge in [0.15, 0.2) is 11.1 Å². The molecule has 1 aromatic carbocycles. The maximum Gasteiger partial charge on any atom is 0.417 e. The molecule has 17 heavy (non-hydrogen) atoms. The monoisotopic (exact) mass is 278 g/mol. The van der Waals surface area contributed by atoms with Gasteiger partial charge in [0.2, 0.25) is 0 Å². The molecule has 1 atom stereocenters. The lowest BCUT2D eigenvalue weighted by molar-refractivity contribution is -0.143. The van der Waals surface area contributed by atoms with Crippen molar-refractivity contribution < 1.29 is 35.1 Å². The summed E-state index contributed by atoms with van der Waals surface area (Å²) < 4.78 is 92.7. The molecule has 0 aromatic heterocycles. The van der Waals surface area contributed by atoms with Crippen LogP contribution in [0.25, 0.3) is 0 Å². The zero-order chi connectivity index (χ0) is 13.4. The molecular formula is C8H4F6O2S. The van der Waals surface area contributed by atoms with Gasteiger partial charge < -0.3 is 4.55 Å². The Hall–Kier alpha value is -1.09. The van der Waals surface area contributed by atoms with Crippen molar-refractivity contribution in [3.05, 3.63) is 29.3 Å². The van der Waals surface area contributed by atoms with Gasteiger partial charge in [-0.25, -0.2) is 4.21 Å². The molecule has 0 bridgehead atoms. The van der Waals surface area contributed by atoms with E-state index in [-0.39, 0.29) is 18.2 Å². The lowest BCUT2D eigenvalue weighted by Gasteiger charge is -2.13. The Morgan fingerprint density at radius 2 is 1.53 bits per heavy atom. The number of benzene rings is 1. The third-order valence-electron chi connectivity index (χ3n) is 1.80. The molecule has 1 unspecified atom stereocenters. The number of hydrogen-bond donors (Lipinski definition) is 1. The fraction of sp³-hybridized carbons (Fsp3) is 0.250. The minimum absolute atomic E-state index is 0.0128. The predicted molar refractivity (Wildman–Crippen MR) is 45.5 cm³/mol. The minimum atomic E-state index is -4.99. The number of alkyl halides is 6. The van der Waals surface area contributed by atoms with Crippen molar-refractivity contribution in [3.8, 4) is 0 Å². The highest BCUT2D eigenvalue weighted by Gasteiger charge is 2.38. The lowest BCUT2D eigenvalue weighted by atomic mass is 10.1. The van der Waals surface area contributed by atoms with E-state index in [1.165, 1.54) is 0 Å². The van der Waals surface area contributed by atoms with E-state index in [1.807, 2.05) is 0 Å². The lowest BCUT2D eigenvalue weighted by Crippen LogP contribution is -2.13. The molecule has 0 aliphatic heterocycles. The van der Waals surface area contributed by atoms with Crippen molar-refractivity contribution in [2.75, 3.05) is 0 Å². The third kappa shape index (κ3) is 3.19. The van der Waals surface area contributed by atoms with Crippen molar-refractivity contribution in [3.63, 3.8) is 0 Å². The second-order valence-electron chi connectivity index (χ2n) is 2.96. The third-order valence-corrected chi connectivity index (χ3v) is 2.52. The van der Waals surface area contributed by atoms with E-state index >= 15 is 0 Å². The van der Waals surface area contributed by atoms with Gasteiger partial charge in [-0.3, -0.25) is 0 Å². The summed E-state index contributed by atoms with van der Waals surface area (Å²) in [4.78, 5) is -1.31. The summed E-state index contributed by atoms with van der Waals surface area (Å²) in [6, 6.07) is 0.352. The van der Waals surface area contributed by atoms with Gasteiger partial charge in [-0.15, -0.1) is 0 Å². The van der Waals surface area contributed by atoms with Crippen LogP contribution >= 0.6 is 0 Å². The molecule has 1 aromatic rings. The molecule has 0 aliphatic carbocycles. The van der Waals surface area contributed by atoms with E-state index in [2.05, 4.69) is 0 Å². The Morgan fingerprint density at radius 1 is 1.00 bits per heavy atom. The molecule has 1 rings (SSSR count). The molecule has 2 nitrogen and oxygen atoms in total. The van der Waals surface area contributed by atoms with Gasteiger partial charge in [0.05, 0.1) is 16.0 Å². The quantitative estimate of drug-likeness (QED) is 0.632. The first-order valence-corrected chi connectivity index (χ1v) is 5.03. The summed E-state index contributed by atoms with van der Waals surface area (Å²) in [5.41, 5.74) is -2.98. The number of hydrogen-bond acceptors (Lipinski definition) is 1. The Morgan fingerprint density at radius 3 is 1.88 bits per heavy atom. The molecule has 0 saturated heterocycles. The summed E-state index contributed by atoms with van der Waals surface area (Å²) in [5.74, 6) is 0. The van der Waals surface area contributed by atoms with Gasteiger partial charge in [-0.05, 0) is 18.2 Å². The smallest absolute Gasteiger partial charge is 0.302 e.